The summed E-state index contributed by atoms with van der Waals surface area (Å²) < 4.78 is 0. The van der Waals surface area contributed by atoms with Crippen molar-refractivity contribution in [2.75, 3.05) is 11.9 Å². The molecule has 21 heavy (non-hydrogen) atoms. The van der Waals surface area contributed by atoms with Gasteiger partial charge in [0.25, 0.3) is 0 Å². The Bertz CT molecular complexity index is 626. The Hall–Kier alpha value is -1.95. The van der Waals surface area contributed by atoms with Crippen LogP contribution in [0.2, 0.25) is 0 Å². The molecule has 1 atom stereocenters. The fraction of sp³-hybridized carbons (Fsp3) is 0.400. The van der Waals surface area contributed by atoms with Crippen LogP contribution in [0.15, 0.2) is 24.5 Å². The van der Waals surface area contributed by atoms with Crippen LogP contribution in [0.5, 0.6) is 0 Å². The number of carbonyl (C=O) groups excluding carboxylic acids is 1. The first kappa shape index (κ1) is 14.0. The third-order valence-corrected chi connectivity index (χ3v) is 4.65. The molecule has 5 nitrogen and oxygen atoms in total. The van der Waals surface area contributed by atoms with Crippen LogP contribution in [0.25, 0.3) is 0 Å². The van der Waals surface area contributed by atoms with Crippen molar-refractivity contribution in [1.29, 1.82) is 0 Å². The van der Waals surface area contributed by atoms with Gasteiger partial charge in [-0.15, -0.1) is 11.3 Å². The minimum absolute atomic E-state index is 0.193. The Kier molecular flexibility index (Phi) is 4.15. The zero-order valence-electron chi connectivity index (χ0n) is 11.9. The predicted octanol–water partition coefficient (Wildman–Crippen LogP) is 3.09. The molecule has 2 aromatic rings. The number of carbonyl (C=O) groups is 1. The van der Waals surface area contributed by atoms with Gasteiger partial charge in [0.2, 0.25) is 0 Å². The number of nitrogens with one attached hydrogen (secondary N) is 2. The number of aromatic nitrogens is 2. The van der Waals surface area contributed by atoms with Crippen LogP contribution in [0.1, 0.15) is 34.3 Å². The molecule has 2 amide bonds. The average molecular weight is 302 g/mol. The summed E-state index contributed by atoms with van der Waals surface area (Å²) in [5, 5.41) is 6.84. The zero-order valence-corrected chi connectivity index (χ0v) is 12.7. The van der Waals surface area contributed by atoms with Crippen molar-refractivity contribution in [3.8, 4) is 0 Å². The Morgan fingerprint density at radius 1 is 1.52 bits per heavy atom. The van der Waals surface area contributed by atoms with Crippen LogP contribution >= 0.6 is 11.3 Å². The molecule has 3 rings (SSSR count). The molecule has 6 heteroatoms. The van der Waals surface area contributed by atoms with E-state index in [1.807, 2.05) is 13.0 Å². The van der Waals surface area contributed by atoms with E-state index in [2.05, 4.69) is 20.6 Å². The van der Waals surface area contributed by atoms with Gasteiger partial charge >= 0.3 is 6.03 Å². The molecule has 2 aromatic heterocycles. The van der Waals surface area contributed by atoms with E-state index in [9.17, 15) is 4.79 Å². The lowest BCUT2D eigenvalue weighted by atomic mass is 9.91. The van der Waals surface area contributed by atoms with Gasteiger partial charge in [-0.05, 0) is 38.3 Å². The van der Waals surface area contributed by atoms with E-state index in [4.69, 9.17) is 0 Å². The standard InChI is InChI=1S/C15H18N4OS/c1-10-18-14-11(4-2-6-13(14)21-10)8-17-15(20)19-12-5-3-7-16-9-12/h3,5,7,9,11H,2,4,6,8H2,1H3,(H2,17,19,20). The molecule has 0 fully saturated rings. The molecule has 0 spiro atoms. The fourth-order valence-corrected chi connectivity index (χ4v) is 3.72. The number of urea groups is 1. The number of anilines is 1. The number of pyridine rings is 1. The maximum absolute atomic E-state index is 11.9. The second-order valence-electron chi connectivity index (χ2n) is 5.21. The van der Waals surface area contributed by atoms with Gasteiger partial charge in [-0.25, -0.2) is 9.78 Å². The minimum atomic E-state index is -0.193. The second kappa shape index (κ2) is 6.22. The highest BCUT2D eigenvalue weighted by atomic mass is 32.1. The molecule has 0 aromatic carbocycles. The molecule has 110 valence electrons. The van der Waals surface area contributed by atoms with Crippen LogP contribution < -0.4 is 10.6 Å². The summed E-state index contributed by atoms with van der Waals surface area (Å²) in [4.78, 5) is 21.9. The Morgan fingerprint density at radius 3 is 3.24 bits per heavy atom. The number of hydrogen-bond acceptors (Lipinski definition) is 4. The lowest BCUT2D eigenvalue weighted by molar-refractivity contribution is 0.251. The number of aryl methyl sites for hydroxylation is 2. The molecule has 0 saturated heterocycles. The quantitative estimate of drug-likeness (QED) is 0.915. The highest BCUT2D eigenvalue weighted by molar-refractivity contribution is 7.11. The summed E-state index contributed by atoms with van der Waals surface area (Å²) in [6.45, 7) is 2.67. The topological polar surface area (TPSA) is 66.9 Å². The highest BCUT2D eigenvalue weighted by Crippen LogP contribution is 2.34. The third kappa shape index (κ3) is 3.39. The molecular weight excluding hydrogens is 284 g/mol. The SMILES string of the molecule is Cc1nc2c(s1)CCCC2CNC(=O)Nc1cccnc1. The molecule has 0 aliphatic heterocycles. The van der Waals surface area contributed by atoms with E-state index in [-0.39, 0.29) is 6.03 Å². The molecule has 1 aliphatic rings. The first-order valence-corrected chi connectivity index (χ1v) is 7.95. The van der Waals surface area contributed by atoms with Crippen LogP contribution in [0, 0.1) is 6.92 Å². The fourth-order valence-electron chi connectivity index (χ4n) is 2.66. The van der Waals surface area contributed by atoms with E-state index in [0.717, 1.165) is 17.8 Å². The smallest absolute Gasteiger partial charge is 0.319 e. The molecule has 0 radical (unpaired) electrons. The van der Waals surface area contributed by atoms with Crippen molar-refractivity contribution >= 4 is 23.1 Å². The van der Waals surface area contributed by atoms with Crippen LogP contribution in [0.4, 0.5) is 10.5 Å². The van der Waals surface area contributed by atoms with E-state index < -0.39 is 0 Å². The molecule has 0 bridgehead atoms. The van der Waals surface area contributed by atoms with Crippen LogP contribution in [0.3, 0.4) is 0 Å². The molecule has 1 unspecified atom stereocenters. The molecule has 2 N–H and O–H groups in total. The van der Waals surface area contributed by atoms with Gasteiger partial charge in [0.05, 0.1) is 22.6 Å². The second-order valence-corrected chi connectivity index (χ2v) is 6.49. The van der Waals surface area contributed by atoms with Crippen molar-refractivity contribution in [1.82, 2.24) is 15.3 Å². The van der Waals surface area contributed by atoms with Crippen LogP contribution in [-0.2, 0) is 6.42 Å². The Morgan fingerprint density at radius 2 is 2.43 bits per heavy atom. The number of nitrogens with zero attached hydrogens (tertiary/aromatic N) is 2. The van der Waals surface area contributed by atoms with Gasteiger partial charge in [0, 0.05) is 23.5 Å². The van der Waals surface area contributed by atoms with E-state index in [1.165, 1.54) is 17.0 Å². The molecular formula is C15H18N4OS. The lowest BCUT2D eigenvalue weighted by Gasteiger charge is -2.21. The molecule has 2 heterocycles. The van der Waals surface area contributed by atoms with Crippen molar-refractivity contribution < 1.29 is 4.79 Å². The third-order valence-electron chi connectivity index (χ3n) is 3.61. The van der Waals surface area contributed by atoms with Gasteiger partial charge in [-0.2, -0.15) is 0 Å². The summed E-state index contributed by atoms with van der Waals surface area (Å²) in [5.41, 5.74) is 1.88. The van der Waals surface area contributed by atoms with Crippen LogP contribution in [-0.4, -0.2) is 22.5 Å². The molecule has 1 aliphatic carbocycles. The Balaban J connectivity index is 1.57. The van der Waals surface area contributed by atoms with Gasteiger partial charge in [-0.3, -0.25) is 4.98 Å². The first-order valence-electron chi connectivity index (χ1n) is 7.13. The number of thiazole rings is 1. The van der Waals surface area contributed by atoms with E-state index in [1.54, 1.807) is 29.8 Å². The number of amides is 2. The zero-order chi connectivity index (χ0) is 14.7. The number of rotatable bonds is 3. The van der Waals surface area contributed by atoms with Gasteiger partial charge in [0.15, 0.2) is 0 Å². The van der Waals surface area contributed by atoms with E-state index in [0.29, 0.717) is 18.2 Å². The van der Waals surface area contributed by atoms with E-state index >= 15 is 0 Å². The lowest BCUT2D eigenvalue weighted by Crippen LogP contribution is -2.33. The maximum atomic E-state index is 11.9. The first-order chi connectivity index (χ1) is 10.2. The van der Waals surface area contributed by atoms with Crippen molar-refractivity contribution in [3.05, 3.63) is 40.1 Å². The summed E-state index contributed by atoms with van der Waals surface area (Å²) in [6, 6.07) is 3.41. The monoisotopic (exact) mass is 302 g/mol. The number of hydrogen-bond donors (Lipinski definition) is 2. The summed E-state index contributed by atoms with van der Waals surface area (Å²) >= 11 is 1.78. The minimum Gasteiger partial charge on any atom is -0.337 e. The largest absolute Gasteiger partial charge is 0.337 e. The highest BCUT2D eigenvalue weighted by Gasteiger charge is 2.24. The van der Waals surface area contributed by atoms with Crippen molar-refractivity contribution in [3.63, 3.8) is 0 Å². The number of fused-ring (bicyclic) bond motifs is 1. The van der Waals surface area contributed by atoms with Gasteiger partial charge < -0.3 is 10.6 Å². The average Bonchev–Trinajstić information content (AvgIpc) is 2.87. The van der Waals surface area contributed by atoms with Gasteiger partial charge in [0.1, 0.15) is 0 Å². The predicted molar refractivity (Wildman–Crippen MR) is 83.8 cm³/mol. The maximum Gasteiger partial charge on any atom is 0.319 e. The van der Waals surface area contributed by atoms with Gasteiger partial charge in [-0.1, -0.05) is 0 Å². The Labute approximate surface area is 127 Å². The summed E-state index contributed by atoms with van der Waals surface area (Å²) in [5.74, 6) is 0.332. The molecule has 0 saturated carbocycles. The summed E-state index contributed by atoms with van der Waals surface area (Å²) in [7, 11) is 0. The van der Waals surface area contributed by atoms with Crippen molar-refractivity contribution in [2.24, 2.45) is 0 Å². The van der Waals surface area contributed by atoms with Crippen molar-refractivity contribution in [2.45, 2.75) is 32.1 Å². The summed E-state index contributed by atoms with van der Waals surface area (Å²) in [6.07, 6.45) is 6.69. The normalized spacial score (nSPS) is 17.1.